The van der Waals surface area contributed by atoms with E-state index in [1.54, 1.807) is 29.7 Å². The third-order valence-corrected chi connectivity index (χ3v) is 4.19. The second-order valence-corrected chi connectivity index (χ2v) is 5.75. The molecule has 0 saturated heterocycles. The Kier molecular flexibility index (Phi) is 3.44. The number of hydrogen-bond acceptors (Lipinski definition) is 4. The van der Waals surface area contributed by atoms with Gasteiger partial charge in [0, 0.05) is 23.3 Å². The molecule has 4 aromatic rings. The van der Waals surface area contributed by atoms with Gasteiger partial charge in [-0.25, -0.2) is 19.3 Å². The normalized spacial score (nSPS) is 11.5. The van der Waals surface area contributed by atoms with Crippen LogP contribution in [0, 0.1) is 5.82 Å². The van der Waals surface area contributed by atoms with E-state index in [9.17, 15) is 4.39 Å². The molecular formula is C17H11FN4S. The number of aromatic nitrogens is 4. The SMILES string of the molecule is Fc1ccc(-c2nc3sccn3c2/C=C/c2ccncn2)cc1. The maximum atomic E-state index is 13.2. The first-order chi connectivity index (χ1) is 11.3. The maximum absolute atomic E-state index is 13.2. The van der Waals surface area contributed by atoms with Crippen LogP contribution < -0.4 is 0 Å². The van der Waals surface area contributed by atoms with Gasteiger partial charge in [0.15, 0.2) is 4.96 Å². The quantitative estimate of drug-likeness (QED) is 0.569. The Morgan fingerprint density at radius 1 is 1.09 bits per heavy atom. The molecule has 0 bridgehead atoms. The highest BCUT2D eigenvalue weighted by Crippen LogP contribution is 2.28. The summed E-state index contributed by atoms with van der Waals surface area (Å²) in [7, 11) is 0. The van der Waals surface area contributed by atoms with Gasteiger partial charge in [-0.2, -0.15) is 0 Å². The van der Waals surface area contributed by atoms with Crippen molar-refractivity contribution in [3.05, 3.63) is 71.6 Å². The Labute approximate surface area is 135 Å². The number of nitrogens with zero attached hydrogens (tertiary/aromatic N) is 4. The van der Waals surface area contributed by atoms with Gasteiger partial charge in [-0.15, -0.1) is 11.3 Å². The molecule has 0 spiro atoms. The Balaban J connectivity index is 1.83. The molecule has 0 fully saturated rings. The number of thiazole rings is 1. The van der Waals surface area contributed by atoms with Crippen LogP contribution in [0.2, 0.25) is 0 Å². The summed E-state index contributed by atoms with van der Waals surface area (Å²) in [5.41, 5.74) is 3.45. The van der Waals surface area contributed by atoms with Crippen LogP contribution in [-0.2, 0) is 0 Å². The molecule has 3 aromatic heterocycles. The van der Waals surface area contributed by atoms with E-state index in [4.69, 9.17) is 0 Å². The fourth-order valence-corrected chi connectivity index (χ4v) is 3.07. The minimum atomic E-state index is -0.257. The summed E-state index contributed by atoms with van der Waals surface area (Å²) in [6.45, 7) is 0. The van der Waals surface area contributed by atoms with Gasteiger partial charge in [0.1, 0.15) is 12.1 Å². The Morgan fingerprint density at radius 2 is 1.96 bits per heavy atom. The van der Waals surface area contributed by atoms with Gasteiger partial charge < -0.3 is 0 Å². The molecule has 0 radical (unpaired) electrons. The monoisotopic (exact) mass is 322 g/mol. The summed E-state index contributed by atoms with van der Waals surface area (Å²) in [6.07, 6.45) is 9.06. The molecule has 6 heteroatoms. The summed E-state index contributed by atoms with van der Waals surface area (Å²) in [4.78, 5) is 13.6. The first kappa shape index (κ1) is 13.8. The topological polar surface area (TPSA) is 43.1 Å². The number of hydrogen-bond donors (Lipinski definition) is 0. The Morgan fingerprint density at radius 3 is 2.74 bits per heavy atom. The van der Waals surface area contributed by atoms with E-state index >= 15 is 0 Å². The summed E-state index contributed by atoms with van der Waals surface area (Å²) in [5.74, 6) is -0.257. The summed E-state index contributed by atoms with van der Waals surface area (Å²) < 4.78 is 15.2. The standard InChI is InChI=1S/C17H11FN4S/c18-13-3-1-12(2-4-13)16-15(22-9-10-23-17(22)21-16)6-5-14-7-8-19-11-20-14/h1-11H/b6-5+. The zero-order chi connectivity index (χ0) is 15.6. The first-order valence-corrected chi connectivity index (χ1v) is 7.85. The van der Waals surface area contributed by atoms with E-state index in [0.29, 0.717) is 0 Å². The van der Waals surface area contributed by atoms with Crippen molar-refractivity contribution in [2.75, 3.05) is 0 Å². The number of imidazole rings is 1. The van der Waals surface area contributed by atoms with Crippen LogP contribution in [0.1, 0.15) is 11.4 Å². The maximum Gasteiger partial charge on any atom is 0.194 e. The van der Waals surface area contributed by atoms with Gasteiger partial charge in [-0.05, 0) is 42.5 Å². The molecule has 0 aliphatic rings. The van der Waals surface area contributed by atoms with E-state index in [-0.39, 0.29) is 5.82 Å². The minimum Gasteiger partial charge on any atom is -0.290 e. The average Bonchev–Trinajstić information content (AvgIpc) is 3.16. The van der Waals surface area contributed by atoms with Gasteiger partial charge in [0.05, 0.1) is 17.1 Å². The minimum absolute atomic E-state index is 0.257. The van der Waals surface area contributed by atoms with Gasteiger partial charge in [-0.1, -0.05) is 0 Å². The molecule has 4 nitrogen and oxygen atoms in total. The van der Waals surface area contributed by atoms with Crippen LogP contribution in [0.25, 0.3) is 28.4 Å². The van der Waals surface area contributed by atoms with Crippen molar-refractivity contribution in [1.82, 2.24) is 19.4 Å². The van der Waals surface area contributed by atoms with Gasteiger partial charge in [-0.3, -0.25) is 4.40 Å². The fourth-order valence-electron chi connectivity index (χ4n) is 2.35. The van der Waals surface area contributed by atoms with E-state index in [1.165, 1.54) is 18.5 Å². The highest BCUT2D eigenvalue weighted by molar-refractivity contribution is 7.15. The third kappa shape index (κ3) is 2.64. The summed E-state index contributed by atoms with van der Waals surface area (Å²) in [6, 6.07) is 8.20. The van der Waals surface area contributed by atoms with E-state index in [1.807, 2.05) is 34.2 Å². The van der Waals surface area contributed by atoms with Gasteiger partial charge in [0.2, 0.25) is 0 Å². The molecule has 0 atom stereocenters. The van der Waals surface area contributed by atoms with Crippen molar-refractivity contribution in [1.29, 1.82) is 0 Å². The zero-order valence-corrected chi connectivity index (χ0v) is 12.7. The van der Waals surface area contributed by atoms with Crippen molar-refractivity contribution in [3.8, 4) is 11.3 Å². The van der Waals surface area contributed by atoms with Crippen LogP contribution in [0.4, 0.5) is 4.39 Å². The second-order valence-electron chi connectivity index (χ2n) is 4.88. The number of halogens is 1. The summed E-state index contributed by atoms with van der Waals surface area (Å²) >= 11 is 1.56. The average molecular weight is 322 g/mol. The van der Waals surface area contributed by atoms with Crippen molar-refractivity contribution in [2.45, 2.75) is 0 Å². The lowest BCUT2D eigenvalue weighted by Gasteiger charge is -2.00. The molecule has 112 valence electrons. The van der Waals surface area contributed by atoms with Gasteiger partial charge in [0.25, 0.3) is 0 Å². The molecular weight excluding hydrogens is 311 g/mol. The third-order valence-electron chi connectivity index (χ3n) is 3.43. The number of fused-ring (bicyclic) bond motifs is 1. The summed E-state index contributed by atoms with van der Waals surface area (Å²) in [5, 5.41) is 1.98. The van der Waals surface area contributed by atoms with E-state index in [2.05, 4.69) is 15.0 Å². The number of rotatable bonds is 3. The Hall–Kier alpha value is -2.86. The predicted octanol–water partition coefficient (Wildman–Crippen LogP) is 4.16. The van der Waals surface area contributed by atoms with Crippen LogP contribution >= 0.6 is 11.3 Å². The molecule has 1 aromatic carbocycles. The van der Waals surface area contributed by atoms with Crippen molar-refractivity contribution >= 4 is 28.4 Å². The molecule has 3 heterocycles. The molecule has 0 saturated carbocycles. The lowest BCUT2D eigenvalue weighted by atomic mass is 10.1. The van der Waals surface area contributed by atoms with Gasteiger partial charge >= 0.3 is 0 Å². The lowest BCUT2D eigenvalue weighted by molar-refractivity contribution is 0.628. The fraction of sp³-hybridized carbons (Fsp3) is 0. The van der Waals surface area contributed by atoms with E-state index in [0.717, 1.165) is 27.6 Å². The molecule has 0 N–H and O–H groups in total. The molecule has 0 amide bonds. The highest BCUT2D eigenvalue weighted by atomic mass is 32.1. The zero-order valence-electron chi connectivity index (χ0n) is 11.9. The Bertz CT molecular complexity index is 971. The molecule has 0 aliphatic heterocycles. The first-order valence-electron chi connectivity index (χ1n) is 6.97. The van der Waals surface area contributed by atoms with Crippen LogP contribution in [0.15, 0.2) is 54.4 Å². The van der Waals surface area contributed by atoms with E-state index < -0.39 is 0 Å². The van der Waals surface area contributed by atoms with Crippen LogP contribution in [0.3, 0.4) is 0 Å². The largest absolute Gasteiger partial charge is 0.290 e. The molecule has 23 heavy (non-hydrogen) atoms. The van der Waals surface area contributed by atoms with Crippen LogP contribution in [-0.4, -0.2) is 19.4 Å². The molecule has 0 unspecified atom stereocenters. The lowest BCUT2D eigenvalue weighted by Crippen LogP contribution is -1.86. The second kappa shape index (κ2) is 5.73. The van der Waals surface area contributed by atoms with Crippen molar-refractivity contribution in [3.63, 3.8) is 0 Å². The molecule has 4 rings (SSSR count). The van der Waals surface area contributed by atoms with Crippen molar-refractivity contribution in [2.24, 2.45) is 0 Å². The van der Waals surface area contributed by atoms with Crippen molar-refractivity contribution < 1.29 is 4.39 Å². The number of benzene rings is 1. The molecule has 0 aliphatic carbocycles. The van der Waals surface area contributed by atoms with Crippen LogP contribution in [0.5, 0.6) is 0 Å². The predicted molar refractivity (Wildman–Crippen MR) is 89.4 cm³/mol. The highest BCUT2D eigenvalue weighted by Gasteiger charge is 2.12. The smallest absolute Gasteiger partial charge is 0.194 e.